The highest BCUT2D eigenvalue weighted by molar-refractivity contribution is 7.17. The van der Waals surface area contributed by atoms with E-state index in [1.807, 2.05) is 23.6 Å². The molecule has 0 bridgehead atoms. The van der Waals surface area contributed by atoms with Crippen molar-refractivity contribution in [2.45, 2.75) is 13.3 Å². The van der Waals surface area contributed by atoms with Gasteiger partial charge in [0.15, 0.2) is 0 Å². The third-order valence-electron chi connectivity index (χ3n) is 4.36. The van der Waals surface area contributed by atoms with Crippen molar-refractivity contribution in [1.29, 1.82) is 0 Å². The van der Waals surface area contributed by atoms with Crippen LogP contribution in [0.4, 0.5) is 17.2 Å². The number of rotatable bonds is 5. The van der Waals surface area contributed by atoms with Crippen molar-refractivity contribution in [2.75, 3.05) is 5.32 Å². The molecule has 27 heavy (non-hydrogen) atoms. The van der Waals surface area contributed by atoms with E-state index in [1.165, 1.54) is 29.3 Å². The number of non-ortho nitro benzene ring substituents is 1. The van der Waals surface area contributed by atoms with Gasteiger partial charge in [0, 0.05) is 28.8 Å². The number of nitrogens with zero attached hydrogens (tertiary/aromatic N) is 3. The van der Waals surface area contributed by atoms with Crippen LogP contribution in [0.25, 0.3) is 21.3 Å². The van der Waals surface area contributed by atoms with Crippen molar-refractivity contribution in [2.24, 2.45) is 0 Å². The second-order valence-corrected chi connectivity index (χ2v) is 6.89. The summed E-state index contributed by atoms with van der Waals surface area (Å²) >= 11 is 1.49. The van der Waals surface area contributed by atoms with Crippen molar-refractivity contribution < 1.29 is 4.92 Å². The van der Waals surface area contributed by atoms with E-state index in [4.69, 9.17) is 0 Å². The van der Waals surface area contributed by atoms with E-state index in [1.54, 1.807) is 12.1 Å². The molecular weight excluding hydrogens is 360 g/mol. The summed E-state index contributed by atoms with van der Waals surface area (Å²) in [4.78, 5) is 20.3. The van der Waals surface area contributed by atoms with Gasteiger partial charge in [0.2, 0.25) is 0 Å². The molecule has 4 rings (SSSR count). The number of nitro benzene ring substituents is 1. The molecule has 0 saturated carbocycles. The number of benzene rings is 2. The fourth-order valence-corrected chi connectivity index (χ4v) is 3.85. The van der Waals surface area contributed by atoms with Gasteiger partial charge in [0.05, 0.1) is 10.3 Å². The molecule has 0 spiro atoms. The second-order valence-electron chi connectivity index (χ2n) is 6.03. The molecule has 6 nitrogen and oxygen atoms in total. The topological polar surface area (TPSA) is 81.0 Å². The number of aryl methyl sites for hydroxylation is 1. The Morgan fingerprint density at radius 2 is 1.96 bits per heavy atom. The van der Waals surface area contributed by atoms with Crippen LogP contribution in [0, 0.1) is 10.1 Å². The van der Waals surface area contributed by atoms with E-state index in [-0.39, 0.29) is 10.6 Å². The molecule has 2 aromatic heterocycles. The van der Waals surface area contributed by atoms with Crippen LogP contribution < -0.4 is 5.32 Å². The summed E-state index contributed by atoms with van der Waals surface area (Å²) in [6.07, 6.45) is 2.51. The van der Waals surface area contributed by atoms with Crippen LogP contribution in [0.15, 0.2) is 60.2 Å². The molecule has 0 atom stereocenters. The smallest absolute Gasteiger partial charge is 0.270 e. The molecule has 0 aliphatic heterocycles. The lowest BCUT2D eigenvalue weighted by atomic mass is 10.1. The third kappa shape index (κ3) is 3.37. The Bertz CT molecular complexity index is 1120. The summed E-state index contributed by atoms with van der Waals surface area (Å²) in [5.74, 6) is 0.687. The van der Waals surface area contributed by atoms with Crippen molar-refractivity contribution in [3.8, 4) is 11.1 Å². The van der Waals surface area contributed by atoms with E-state index in [0.29, 0.717) is 5.82 Å². The summed E-state index contributed by atoms with van der Waals surface area (Å²) in [6, 6.07) is 14.8. The predicted octanol–water partition coefficient (Wildman–Crippen LogP) is 5.57. The minimum absolute atomic E-state index is 0.0633. The number of nitro groups is 1. The van der Waals surface area contributed by atoms with Crippen LogP contribution in [0.5, 0.6) is 0 Å². The fourth-order valence-electron chi connectivity index (χ4n) is 2.93. The van der Waals surface area contributed by atoms with Crippen LogP contribution in [0.2, 0.25) is 0 Å². The lowest BCUT2D eigenvalue weighted by Crippen LogP contribution is -1.96. The number of hydrogen-bond acceptors (Lipinski definition) is 6. The van der Waals surface area contributed by atoms with Gasteiger partial charge in [-0.25, -0.2) is 9.97 Å². The minimum atomic E-state index is -0.386. The van der Waals surface area contributed by atoms with Gasteiger partial charge in [0.25, 0.3) is 5.69 Å². The maximum Gasteiger partial charge on any atom is 0.270 e. The van der Waals surface area contributed by atoms with E-state index in [2.05, 4.69) is 34.3 Å². The van der Waals surface area contributed by atoms with Gasteiger partial charge in [-0.05, 0) is 29.7 Å². The maximum atomic E-state index is 11.1. The van der Waals surface area contributed by atoms with Crippen molar-refractivity contribution in [3.63, 3.8) is 0 Å². The van der Waals surface area contributed by atoms with Gasteiger partial charge in [-0.15, -0.1) is 11.3 Å². The zero-order chi connectivity index (χ0) is 18.8. The molecule has 0 aliphatic rings. The first-order valence-electron chi connectivity index (χ1n) is 8.48. The first-order valence-corrected chi connectivity index (χ1v) is 9.36. The second kappa shape index (κ2) is 7.13. The Hall–Kier alpha value is -3.32. The molecule has 0 unspecified atom stereocenters. The standard InChI is InChI=1S/C20H16N4O2S/c1-2-13-6-8-15(9-7-13)23-19-18-17(11-27-20(18)22-12-21-19)14-4-3-5-16(10-14)24(25)26/h3-12H,2H2,1H3,(H,21,22,23). The molecule has 0 aliphatic carbocycles. The van der Waals surface area contributed by atoms with Gasteiger partial charge in [-0.1, -0.05) is 31.2 Å². The largest absolute Gasteiger partial charge is 0.340 e. The zero-order valence-corrected chi connectivity index (χ0v) is 15.4. The number of nitrogens with one attached hydrogen (secondary N) is 1. The van der Waals surface area contributed by atoms with Crippen LogP contribution >= 0.6 is 11.3 Å². The molecule has 4 aromatic rings. The Morgan fingerprint density at radius 3 is 2.70 bits per heavy atom. The van der Waals surface area contributed by atoms with Crippen LogP contribution in [-0.4, -0.2) is 14.9 Å². The lowest BCUT2D eigenvalue weighted by molar-refractivity contribution is -0.384. The quantitative estimate of drug-likeness (QED) is 0.364. The summed E-state index contributed by atoms with van der Waals surface area (Å²) in [5.41, 5.74) is 3.92. The van der Waals surface area contributed by atoms with E-state index < -0.39 is 0 Å². The summed E-state index contributed by atoms with van der Waals surface area (Å²) < 4.78 is 0. The van der Waals surface area contributed by atoms with Crippen LogP contribution in [0.3, 0.4) is 0 Å². The van der Waals surface area contributed by atoms with E-state index in [0.717, 1.165) is 33.5 Å². The SMILES string of the molecule is CCc1ccc(Nc2ncnc3scc(-c4cccc([N+](=O)[O-])c4)c23)cc1. The summed E-state index contributed by atoms with van der Waals surface area (Å²) in [6.45, 7) is 2.12. The van der Waals surface area contributed by atoms with E-state index in [9.17, 15) is 10.1 Å². The van der Waals surface area contributed by atoms with Crippen LogP contribution in [0.1, 0.15) is 12.5 Å². The molecule has 0 saturated heterocycles. The van der Waals surface area contributed by atoms with E-state index >= 15 is 0 Å². The number of anilines is 2. The molecule has 134 valence electrons. The fraction of sp³-hybridized carbons (Fsp3) is 0.100. The Kier molecular flexibility index (Phi) is 4.52. The van der Waals surface area contributed by atoms with Crippen molar-refractivity contribution >= 4 is 38.7 Å². The average Bonchev–Trinajstić information content (AvgIpc) is 3.14. The van der Waals surface area contributed by atoms with Gasteiger partial charge in [-0.2, -0.15) is 0 Å². The Balaban J connectivity index is 1.79. The maximum absolute atomic E-state index is 11.1. The summed E-state index contributed by atoms with van der Waals surface area (Å²) in [7, 11) is 0. The molecule has 7 heteroatoms. The first kappa shape index (κ1) is 17.1. The van der Waals surface area contributed by atoms with Gasteiger partial charge >= 0.3 is 0 Å². The third-order valence-corrected chi connectivity index (χ3v) is 5.25. The Morgan fingerprint density at radius 1 is 1.15 bits per heavy atom. The molecule has 0 radical (unpaired) electrons. The molecule has 2 aromatic carbocycles. The molecule has 2 heterocycles. The van der Waals surface area contributed by atoms with Crippen molar-refractivity contribution in [1.82, 2.24) is 9.97 Å². The molecule has 0 amide bonds. The number of thiophene rings is 1. The van der Waals surface area contributed by atoms with Gasteiger partial charge < -0.3 is 5.32 Å². The highest BCUT2D eigenvalue weighted by Gasteiger charge is 2.15. The zero-order valence-electron chi connectivity index (χ0n) is 14.5. The number of fused-ring (bicyclic) bond motifs is 1. The van der Waals surface area contributed by atoms with Crippen LogP contribution in [-0.2, 0) is 6.42 Å². The normalized spacial score (nSPS) is 10.9. The molecule has 0 fully saturated rings. The predicted molar refractivity (Wildman–Crippen MR) is 109 cm³/mol. The summed E-state index contributed by atoms with van der Waals surface area (Å²) in [5, 5.41) is 17.3. The minimum Gasteiger partial charge on any atom is -0.340 e. The van der Waals surface area contributed by atoms with Crippen molar-refractivity contribution in [3.05, 3.63) is 75.9 Å². The monoisotopic (exact) mass is 376 g/mol. The molecular formula is C20H16N4O2S. The highest BCUT2D eigenvalue weighted by Crippen LogP contribution is 2.38. The number of aromatic nitrogens is 2. The highest BCUT2D eigenvalue weighted by atomic mass is 32.1. The first-order chi connectivity index (χ1) is 13.2. The number of hydrogen-bond donors (Lipinski definition) is 1. The Labute approximate surface area is 159 Å². The average molecular weight is 376 g/mol. The van der Waals surface area contributed by atoms with Gasteiger partial charge in [0.1, 0.15) is 17.0 Å². The lowest BCUT2D eigenvalue weighted by Gasteiger charge is -2.09. The molecule has 1 N–H and O–H groups in total. The van der Waals surface area contributed by atoms with Gasteiger partial charge in [-0.3, -0.25) is 10.1 Å².